The fourth-order valence-corrected chi connectivity index (χ4v) is 2.03. The summed E-state index contributed by atoms with van der Waals surface area (Å²) in [6.45, 7) is 4.21. The highest BCUT2D eigenvalue weighted by atomic mass is 19.1. The number of rotatable bonds is 5. The van der Waals surface area contributed by atoms with Gasteiger partial charge in [-0.05, 0) is 42.0 Å². The maximum atomic E-state index is 13.1. The van der Waals surface area contributed by atoms with Crippen LogP contribution in [-0.2, 0) is 0 Å². The summed E-state index contributed by atoms with van der Waals surface area (Å²) in [5, 5.41) is 11.7. The molecule has 0 aliphatic carbocycles. The van der Waals surface area contributed by atoms with E-state index in [0.29, 0.717) is 17.1 Å². The minimum atomic E-state index is -0.362. The molecule has 0 radical (unpaired) electrons. The molecule has 0 saturated carbocycles. The third kappa shape index (κ3) is 2.89. The predicted octanol–water partition coefficient (Wildman–Crippen LogP) is 2.81. The van der Waals surface area contributed by atoms with Gasteiger partial charge in [-0.1, -0.05) is 19.8 Å². The van der Waals surface area contributed by atoms with Gasteiger partial charge in [-0.3, -0.25) is 0 Å². The van der Waals surface area contributed by atoms with Crippen LogP contribution in [0.4, 0.5) is 10.1 Å². The molecule has 0 saturated heterocycles. The van der Waals surface area contributed by atoms with Gasteiger partial charge in [-0.15, -0.1) is 5.10 Å². The van der Waals surface area contributed by atoms with Gasteiger partial charge in [-0.25, -0.2) is 9.07 Å². The summed E-state index contributed by atoms with van der Waals surface area (Å²) in [6, 6.07) is 4.45. The fraction of sp³-hybridized carbons (Fsp3) is 0.462. The largest absolute Gasteiger partial charge is 0.398 e. The molecule has 0 aliphatic rings. The molecule has 1 aromatic carbocycles. The minimum Gasteiger partial charge on any atom is -0.398 e. The molecule has 102 valence electrons. The van der Waals surface area contributed by atoms with Gasteiger partial charge in [0, 0.05) is 11.3 Å². The Morgan fingerprint density at radius 3 is 2.89 bits per heavy atom. The molecule has 2 N–H and O–H groups in total. The molecule has 0 fully saturated rings. The first kappa shape index (κ1) is 13.5. The molecule has 1 aromatic heterocycles. The Hall–Kier alpha value is -1.98. The van der Waals surface area contributed by atoms with E-state index in [0.717, 1.165) is 19.3 Å². The number of unbranched alkanes of at least 4 members (excludes halogenated alkanes) is 1. The number of hydrogen-bond donors (Lipinski definition) is 1. The Morgan fingerprint density at radius 2 is 2.21 bits per heavy atom. The number of tetrazole rings is 1. The van der Waals surface area contributed by atoms with Crippen LogP contribution in [0.5, 0.6) is 0 Å². The summed E-state index contributed by atoms with van der Waals surface area (Å²) in [5.41, 5.74) is 6.84. The lowest BCUT2D eigenvalue weighted by Gasteiger charge is -2.13. The van der Waals surface area contributed by atoms with Gasteiger partial charge in [0.1, 0.15) is 5.82 Å². The van der Waals surface area contributed by atoms with Crippen LogP contribution in [0.1, 0.15) is 39.2 Å². The number of halogens is 1. The molecule has 19 heavy (non-hydrogen) atoms. The highest BCUT2D eigenvalue weighted by molar-refractivity contribution is 5.71. The van der Waals surface area contributed by atoms with Gasteiger partial charge in [0.25, 0.3) is 0 Å². The third-order valence-electron chi connectivity index (χ3n) is 3.14. The number of nitrogens with two attached hydrogens (primary N) is 1. The number of anilines is 1. The van der Waals surface area contributed by atoms with E-state index in [9.17, 15) is 4.39 Å². The smallest absolute Gasteiger partial charge is 0.184 e. The number of benzene rings is 1. The van der Waals surface area contributed by atoms with E-state index in [1.54, 1.807) is 10.7 Å². The molecule has 0 bridgehead atoms. The first-order chi connectivity index (χ1) is 9.13. The van der Waals surface area contributed by atoms with Crippen molar-refractivity contribution < 1.29 is 4.39 Å². The van der Waals surface area contributed by atoms with E-state index in [2.05, 4.69) is 29.4 Å². The highest BCUT2D eigenvalue weighted by Crippen LogP contribution is 2.27. The Labute approximate surface area is 111 Å². The number of hydrogen-bond acceptors (Lipinski definition) is 4. The molecule has 5 nitrogen and oxygen atoms in total. The second kappa shape index (κ2) is 5.77. The van der Waals surface area contributed by atoms with Crippen LogP contribution in [0.15, 0.2) is 18.2 Å². The van der Waals surface area contributed by atoms with Crippen molar-refractivity contribution in [2.75, 3.05) is 5.73 Å². The van der Waals surface area contributed by atoms with Gasteiger partial charge in [0.2, 0.25) is 0 Å². The zero-order valence-corrected chi connectivity index (χ0v) is 11.2. The van der Waals surface area contributed by atoms with Gasteiger partial charge in [0.05, 0.1) is 6.04 Å². The number of nitrogen functional groups attached to an aromatic ring is 1. The van der Waals surface area contributed by atoms with Gasteiger partial charge in [-0.2, -0.15) is 0 Å². The molecule has 0 spiro atoms. The average molecular weight is 263 g/mol. The zero-order chi connectivity index (χ0) is 13.8. The Bertz CT molecular complexity index is 552. The van der Waals surface area contributed by atoms with Crippen molar-refractivity contribution in [1.29, 1.82) is 0 Å². The van der Waals surface area contributed by atoms with Crippen molar-refractivity contribution >= 4 is 5.69 Å². The topological polar surface area (TPSA) is 69.6 Å². The van der Waals surface area contributed by atoms with E-state index in [1.807, 2.05) is 0 Å². The SMILES string of the molecule is CCCCC(C)n1nnnc1-c1ccc(F)cc1N. The van der Waals surface area contributed by atoms with Gasteiger partial charge < -0.3 is 5.73 Å². The summed E-state index contributed by atoms with van der Waals surface area (Å²) in [6.07, 6.45) is 3.23. The van der Waals surface area contributed by atoms with E-state index < -0.39 is 0 Å². The number of aromatic nitrogens is 4. The minimum absolute atomic E-state index is 0.189. The summed E-state index contributed by atoms with van der Waals surface area (Å²) in [5.74, 6) is 0.223. The predicted molar refractivity (Wildman–Crippen MR) is 71.9 cm³/mol. The molecule has 1 unspecified atom stereocenters. The summed E-state index contributed by atoms with van der Waals surface area (Å²) in [7, 11) is 0. The average Bonchev–Trinajstić information content (AvgIpc) is 2.85. The second-order valence-electron chi connectivity index (χ2n) is 4.67. The maximum absolute atomic E-state index is 13.1. The van der Waals surface area contributed by atoms with Crippen molar-refractivity contribution in [2.24, 2.45) is 0 Å². The van der Waals surface area contributed by atoms with E-state index in [4.69, 9.17) is 5.73 Å². The van der Waals surface area contributed by atoms with Crippen molar-refractivity contribution in [1.82, 2.24) is 20.2 Å². The van der Waals surface area contributed by atoms with Crippen molar-refractivity contribution in [3.8, 4) is 11.4 Å². The van der Waals surface area contributed by atoms with Crippen LogP contribution >= 0.6 is 0 Å². The lowest BCUT2D eigenvalue weighted by atomic mass is 10.1. The second-order valence-corrected chi connectivity index (χ2v) is 4.67. The standard InChI is InChI=1S/C13H18FN5/c1-3-4-5-9(2)19-13(16-17-18-19)11-7-6-10(14)8-12(11)15/h6-9H,3-5,15H2,1-2H3. The van der Waals surface area contributed by atoms with Crippen LogP contribution in [0.3, 0.4) is 0 Å². The first-order valence-electron chi connectivity index (χ1n) is 6.46. The van der Waals surface area contributed by atoms with Crippen molar-refractivity contribution in [2.45, 2.75) is 39.2 Å². The molecule has 6 heteroatoms. The molecule has 0 amide bonds. The van der Waals surface area contributed by atoms with Crippen molar-refractivity contribution in [3.05, 3.63) is 24.0 Å². The fourth-order valence-electron chi connectivity index (χ4n) is 2.03. The quantitative estimate of drug-likeness (QED) is 0.842. The number of nitrogens with zero attached hydrogens (tertiary/aromatic N) is 4. The highest BCUT2D eigenvalue weighted by Gasteiger charge is 2.16. The Morgan fingerprint density at radius 1 is 1.42 bits per heavy atom. The molecule has 2 rings (SSSR count). The van der Waals surface area contributed by atoms with E-state index >= 15 is 0 Å². The summed E-state index contributed by atoms with van der Waals surface area (Å²) in [4.78, 5) is 0. The first-order valence-corrected chi connectivity index (χ1v) is 6.46. The Balaban J connectivity index is 2.33. The Kier molecular flexibility index (Phi) is 4.09. The summed E-state index contributed by atoms with van der Waals surface area (Å²) >= 11 is 0. The van der Waals surface area contributed by atoms with Crippen molar-refractivity contribution in [3.63, 3.8) is 0 Å². The molecule has 0 aliphatic heterocycles. The molecule has 2 aromatic rings. The molecule has 1 heterocycles. The lowest BCUT2D eigenvalue weighted by molar-refractivity contribution is 0.437. The van der Waals surface area contributed by atoms with E-state index in [1.165, 1.54) is 12.1 Å². The van der Waals surface area contributed by atoms with Crippen LogP contribution in [0.2, 0.25) is 0 Å². The molecular weight excluding hydrogens is 245 g/mol. The maximum Gasteiger partial charge on any atom is 0.184 e. The molecular formula is C13H18FN5. The van der Waals surface area contributed by atoms with Gasteiger partial charge in [0.15, 0.2) is 5.82 Å². The normalized spacial score (nSPS) is 12.6. The lowest BCUT2D eigenvalue weighted by Crippen LogP contribution is -2.10. The zero-order valence-electron chi connectivity index (χ0n) is 11.2. The van der Waals surface area contributed by atoms with Crippen LogP contribution in [0, 0.1) is 5.82 Å². The molecule has 1 atom stereocenters. The third-order valence-corrected chi connectivity index (χ3v) is 3.14. The van der Waals surface area contributed by atoms with Crippen LogP contribution < -0.4 is 5.73 Å². The van der Waals surface area contributed by atoms with Crippen LogP contribution in [0.25, 0.3) is 11.4 Å². The van der Waals surface area contributed by atoms with Gasteiger partial charge >= 0.3 is 0 Å². The monoisotopic (exact) mass is 263 g/mol. The summed E-state index contributed by atoms with van der Waals surface area (Å²) < 4.78 is 14.8. The van der Waals surface area contributed by atoms with E-state index in [-0.39, 0.29) is 11.9 Å². The van der Waals surface area contributed by atoms with Crippen LogP contribution in [-0.4, -0.2) is 20.2 Å².